The van der Waals surface area contributed by atoms with Crippen LogP contribution in [0.15, 0.2) is 60.7 Å². The molecule has 3 aromatic rings. The molecule has 0 saturated carbocycles. The van der Waals surface area contributed by atoms with Crippen molar-refractivity contribution in [2.75, 3.05) is 5.32 Å². The van der Waals surface area contributed by atoms with Crippen molar-refractivity contribution >= 4 is 40.5 Å². The minimum Gasteiger partial charge on any atom is -0.332 e. The first kappa shape index (κ1) is 19.7. The van der Waals surface area contributed by atoms with Crippen molar-refractivity contribution in [3.63, 3.8) is 0 Å². The number of carbonyl (C=O) groups excluding carboxylic acids is 3. The molecule has 0 heterocycles. The zero-order chi connectivity index (χ0) is 21.4. The van der Waals surface area contributed by atoms with Gasteiger partial charge in [0.05, 0.1) is 11.3 Å². The second-order valence-corrected chi connectivity index (χ2v) is 7.62. The molecule has 0 radical (unpaired) electrons. The third kappa shape index (κ3) is 3.53. The summed E-state index contributed by atoms with van der Waals surface area (Å²) in [6.45, 7) is 3.83. The van der Waals surface area contributed by atoms with Crippen molar-refractivity contribution in [1.29, 1.82) is 0 Å². The monoisotopic (exact) mass is 414 g/mol. The molecule has 0 bridgehead atoms. The zero-order valence-electron chi connectivity index (χ0n) is 16.4. The Hall–Kier alpha value is -3.64. The molecule has 2 N–H and O–H groups in total. The summed E-state index contributed by atoms with van der Waals surface area (Å²) < 4.78 is 0. The number of anilines is 1. The van der Waals surface area contributed by atoms with Crippen LogP contribution in [0.25, 0.3) is 0 Å². The van der Waals surface area contributed by atoms with E-state index in [1.807, 2.05) is 19.9 Å². The van der Waals surface area contributed by atoms with Gasteiger partial charge in [0, 0.05) is 22.3 Å². The highest BCUT2D eigenvalue weighted by Gasteiger charge is 2.31. The fourth-order valence-corrected chi connectivity index (χ4v) is 3.89. The first-order valence-corrected chi connectivity index (χ1v) is 9.78. The summed E-state index contributed by atoms with van der Waals surface area (Å²) in [6, 6.07) is 17.2. The number of nitrogens with one attached hydrogen (secondary N) is 2. The van der Waals surface area contributed by atoms with Crippen LogP contribution in [0.1, 0.15) is 53.3 Å². The number of hydrogen-bond donors (Lipinski definition) is 2. The van der Waals surface area contributed by atoms with E-state index in [0.29, 0.717) is 27.9 Å². The molecule has 0 unspecified atom stereocenters. The molecule has 1 aliphatic carbocycles. The lowest BCUT2D eigenvalue weighted by Gasteiger charge is -2.21. The molecule has 4 rings (SSSR count). The molecule has 148 valence electrons. The third-order valence-electron chi connectivity index (χ3n) is 4.91. The van der Waals surface area contributed by atoms with Gasteiger partial charge in [-0.25, -0.2) is 0 Å². The molecule has 0 atom stereocenters. The van der Waals surface area contributed by atoms with Gasteiger partial charge in [0.2, 0.25) is 0 Å². The van der Waals surface area contributed by atoms with Gasteiger partial charge >= 0.3 is 0 Å². The molecule has 1 amide bonds. The maximum absolute atomic E-state index is 13.1. The quantitative estimate of drug-likeness (QED) is 0.481. The molecule has 0 spiro atoms. The first-order valence-electron chi connectivity index (χ1n) is 9.37. The van der Waals surface area contributed by atoms with E-state index >= 15 is 0 Å². The highest BCUT2D eigenvalue weighted by molar-refractivity contribution is 7.80. The Morgan fingerprint density at radius 1 is 0.800 bits per heavy atom. The van der Waals surface area contributed by atoms with Gasteiger partial charge in [-0.2, -0.15) is 0 Å². The van der Waals surface area contributed by atoms with Gasteiger partial charge in [-0.15, -0.1) is 0 Å². The van der Waals surface area contributed by atoms with Crippen molar-refractivity contribution in [3.05, 3.63) is 99.6 Å². The van der Waals surface area contributed by atoms with Crippen molar-refractivity contribution < 1.29 is 14.4 Å². The van der Waals surface area contributed by atoms with Crippen molar-refractivity contribution in [1.82, 2.24) is 5.32 Å². The molecule has 30 heavy (non-hydrogen) atoms. The Bertz CT molecular complexity index is 1230. The largest absolute Gasteiger partial charge is 0.332 e. The minimum atomic E-state index is -0.350. The van der Waals surface area contributed by atoms with E-state index in [2.05, 4.69) is 10.6 Å². The number of benzene rings is 3. The summed E-state index contributed by atoms with van der Waals surface area (Å²) in [5.74, 6) is -0.822. The summed E-state index contributed by atoms with van der Waals surface area (Å²) in [4.78, 5) is 38.4. The summed E-state index contributed by atoms with van der Waals surface area (Å²) in [6.07, 6.45) is 0. The first-order chi connectivity index (χ1) is 14.3. The van der Waals surface area contributed by atoms with E-state index in [0.717, 1.165) is 11.1 Å². The molecule has 3 aromatic carbocycles. The molecule has 0 fully saturated rings. The Morgan fingerprint density at radius 2 is 1.40 bits per heavy atom. The van der Waals surface area contributed by atoms with Crippen LogP contribution in [0.2, 0.25) is 0 Å². The van der Waals surface area contributed by atoms with E-state index in [1.165, 1.54) is 0 Å². The van der Waals surface area contributed by atoms with Gasteiger partial charge in [0.25, 0.3) is 5.91 Å². The number of hydrogen-bond acceptors (Lipinski definition) is 4. The molecular weight excluding hydrogens is 396 g/mol. The van der Waals surface area contributed by atoms with Crippen LogP contribution in [-0.2, 0) is 0 Å². The summed E-state index contributed by atoms with van der Waals surface area (Å²) in [5.41, 5.74) is 4.12. The fourth-order valence-electron chi connectivity index (χ4n) is 3.68. The lowest BCUT2D eigenvalue weighted by molar-refractivity contribution is 0.0976. The maximum atomic E-state index is 13.1. The van der Waals surface area contributed by atoms with Gasteiger partial charge in [-0.1, -0.05) is 53.6 Å². The molecule has 1 aliphatic rings. The van der Waals surface area contributed by atoms with Crippen LogP contribution in [0, 0.1) is 13.8 Å². The number of fused-ring (bicyclic) bond motifs is 2. The summed E-state index contributed by atoms with van der Waals surface area (Å²) >= 11 is 5.29. The zero-order valence-corrected chi connectivity index (χ0v) is 17.2. The van der Waals surface area contributed by atoms with Crippen LogP contribution in [0.3, 0.4) is 0 Å². The van der Waals surface area contributed by atoms with E-state index in [-0.39, 0.29) is 28.1 Å². The Balaban J connectivity index is 1.60. The smallest absolute Gasteiger partial charge is 0.257 e. The highest BCUT2D eigenvalue weighted by Crippen LogP contribution is 2.31. The lowest BCUT2D eigenvalue weighted by atomic mass is 9.83. The second kappa shape index (κ2) is 7.65. The van der Waals surface area contributed by atoms with Gasteiger partial charge in [-0.3, -0.25) is 19.7 Å². The molecule has 0 saturated heterocycles. The van der Waals surface area contributed by atoms with Crippen LogP contribution in [0.4, 0.5) is 5.69 Å². The average molecular weight is 414 g/mol. The molecular formula is C24H18N2O3S. The molecule has 5 nitrogen and oxygen atoms in total. The second-order valence-electron chi connectivity index (χ2n) is 7.22. The highest BCUT2D eigenvalue weighted by atomic mass is 32.1. The van der Waals surface area contributed by atoms with Crippen molar-refractivity contribution in [2.24, 2.45) is 0 Å². The van der Waals surface area contributed by atoms with Gasteiger partial charge in [-0.05, 0) is 44.3 Å². The number of carbonyl (C=O) groups is 3. The maximum Gasteiger partial charge on any atom is 0.257 e. The summed E-state index contributed by atoms with van der Waals surface area (Å²) in [7, 11) is 0. The SMILES string of the molecule is Cc1cc(C)cc(C(=O)NC(=S)Nc2cccc3c2C(=O)c2ccccc2C3=O)c1. The fraction of sp³-hybridized carbons (Fsp3) is 0.0833. The topological polar surface area (TPSA) is 75.3 Å². The van der Waals surface area contributed by atoms with Crippen LogP contribution in [-0.4, -0.2) is 22.6 Å². The predicted molar refractivity (Wildman–Crippen MR) is 119 cm³/mol. The number of ketones is 2. The van der Waals surface area contributed by atoms with E-state index in [1.54, 1.807) is 54.6 Å². The number of aryl methyl sites for hydroxylation is 2. The van der Waals surface area contributed by atoms with Gasteiger partial charge in [0.15, 0.2) is 16.7 Å². The minimum absolute atomic E-state index is 0.0478. The third-order valence-corrected chi connectivity index (χ3v) is 5.12. The van der Waals surface area contributed by atoms with E-state index in [9.17, 15) is 14.4 Å². The number of rotatable bonds is 2. The van der Waals surface area contributed by atoms with Crippen LogP contribution >= 0.6 is 12.2 Å². The van der Waals surface area contributed by atoms with Gasteiger partial charge < -0.3 is 5.32 Å². The van der Waals surface area contributed by atoms with Gasteiger partial charge in [0.1, 0.15) is 0 Å². The molecule has 6 heteroatoms. The van der Waals surface area contributed by atoms with Crippen molar-refractivity contribution in [3.8, 4) is 0 Å². The Morgan fingerprint density at radius 3 is 2.07 bits per heavy atom. The molecule has 0 aromatic heterocycles. The van der Waals surface area contributed by atoms with E-state index in [4.69, 9.17) is 12.2 Å². The predicted octanol–water partition coefficient (Wildman–Crippen LogP) is 4.21. The summed E-state index contributed by atoms with van der Waals surface area (Å²) in [5, 5.41) is 5.59. The van der Waals surface area contributed by atoms with Crippen molar-refractivity contribution in [2.45, 2.75) is 13.8 Å². The van der Waals surface area contributed by atoms with Crippen LogP contribution < -0.4 is 10.6 Å². The Kier molecular flexibility index (Phi) is 5.01. The average Bonchev–Trinajstić information content (AvgIpc) is 2.71. The molecule has 0 aliphatic heterocycles. The standard InChI is InChI=1S/C24H18N2O3S/c1-13-10-14(2)12-15(11-13)23(29)26-24(30)25-19-9-5-8-18-20(19)22(28)17-7-4-3-6-16(17)21(18)27/h3-12H,1-2H3,(H2,25,26,29,30). The Labute approximate surface area is 179 Å². The van der Waals surface area contributed by atoms with E-state index < -0.39 is 0 Å². The van der Waals surface area contributed by atoms with Crippen LogP contribution in [0.5, 0.6) is 0 Å². The lowest BCUT2D eigenvalue weighted by Crippen LogP contribution is -2.35. The normalized spacial score (nSPS) is 12.1. The number of thiocarbonyl (C=S) groups is 1. The number of amides is 1.